The lowest BCUT2D eigenvalue weighted by Gasteiger charge is -2.17. The van der Waals surface area contributed by atoms with E-state index >= 15 is 0 Å². The molecule has 2 rings (SSSR count). The van der Waals surface area contributed by atoms with Crippen LogP contribution in [0.25, 0.3) is 0 Å². The maximum atomic E-state index is 12.3. The fourth-order valence-electron chi connectivity index (χ4n) is 2.66. The van der Waals surface area contributed by atoms with Gasteiger partial charge in [0.2, 0.25) is 0 Å². The van der Waals surface area contributed by atoms with Crippen LogP contribution in [0.15, 0.2) is 24.3 Å². The van der Waals surface area contributed by atoms with Gasteiger partial charge in [-0.05, 0) is 37.5 Å². The summed E-state index contributed by atoms with van der Waals surface area (Å²) in [5.41, 5.74) is 6.34. The average Bonchev–Trinajstić information content (AvgIpc) is 3.10. The number of halogens is 1. The Labute approximate surface area is 150 Å². The Balaban J connectivity index is 0.00000288. The fourth-order valence-corrected chi connectivity index (χ4v) is 2.66. The van der Waals surface area contributed by atoms with Crippen LogP contribution >= 0.6 is 12.4 Å². The number of nitrogens with one attached hydrogen (secondary N) is 1. The molecule has 0 aliphatic carbocycles. The number of benzene rings is 1. The lowest BCUT2D eigenvalue weighted by molar-refractivity contribution is 0.0679. The van der Waals surface area contributed by atoms with Crippen molar-refractivity contribution in [3.63, 3.8) is 0 Å². The number of amides is 1. The van der Waals surface area contributed by atoms with Gasteiger partial charge in [-0.25, -0.2) is 0 Å². The molecule has 1 amide bonds. The van der Waals surface area contributed by atoms with Crippen molar-refractivity contribution in [3.05, 3.63) is 29.8 Å². The fraction of sp³-hybridized carbons (Fsp3) is 0.611. The normalized spacial score (nSPS) is 17.8. The van der Waals surface area contributed by atoms with Gasteiger partial charge in [0.1, 0.15) is 12.4 Å². The van der Waals surface area contributed by atoms with Gasteiger partial charge in [0.05, 0.1) is 6.10 Å². The lowest BCUT2D eigenvalue weighted by atomic mass is 10.1. The van der Waals surface area contributed by atoms with Gasteiger partial charge >= 0.3 is 0 Å². The number of rotatable bonds is 9. The van der Waals surface area contributed by atoms with Gasteiger partial charge in [-0.3, -0.25) is 4.79 Å². The topological polar surface area (TPSA) is 73.6 Å². The summed E-state index contributed by atoms with van der Waals surface area (Å²) < 4.78 is 11.3. The number of hydrogen-bond acceptors (Lipinski definition) is 4. The zero-order chi connectivity index (χ0) is 16.5. The minimum Gasteiger partial charge on any atom is -0.491 e. The minimum atomic E-state index is -0.0980. The molecule has 1 aliphatic heterocycles. The number of carbonyl (C=O) groups is 1. The van der Waals surface area contributed by atoms with Crippen LogP contribution in [0, 0.1) is 0 Å². The van der Waals surface area contributed by atoms with Crippen LogP contribution in [0.1, 0.15) is 49.4 Å². The van der Waals surface area contributed by atoms with Crippen molar-refractivity contribution in [2.24, 2.45) is 5.73 Å². The van der Waals surface area contributed by atoms with E-state index in [-0.39, 0.29) is 30.5 Å². The maximum Gasteiger partial charge on any atom is 0.251 e. The van der Waals surface area contributed by atoms with E-state index in [0.29, 0.717) is 24.5 Å². The summed E-state index contributed by atoms with van der Waals surface area (Å²) in [4.78, 5) is 12.3. The van der Waals surface area contributed by atoms with Crippen LogP contribution in [0.5, 0.6) is 5.75 Å². The van der Waals surface area contributed by atoms with Gasteiger partial charge in [-0.1, -0.05) is 25.8 Å². The van der Waals surface area contributed by atoms with Crippen molar-refractivity contribution in [3.8, 4) is 5.75 Å². The van der Waals surface area contributed by atoms with Gasteiger partial charge in [-0.15, -0.1) is 12.4 Å². The van der Waals surface area contributed by atoms with E-state index in [4.69, 9.17) is 15.2 Å². The smallest absolute Gasteiger partial charge is 0.251 e. The molecular formula is C18H29ClN2O3. The molecule has 1 aromatic rings. The molecule has 1 aliphatic rings. The van der Waals surface area contributed by atoms with Gasteiger partial charge in [0, 0.05) is 24.8 Å². The van der Waals surface area contributed by atoms with E-state index in [2.05, 4.69) is 12.2 Å². The minimum absolute atomic E-state index is 0. The predicted molar refractivity (Wildman–Crippen MR) is 98.0 cm³/mol. The highest BCUT2D eigenvalue weighted by Crippen LogP contribution is 2.17. The van der Waals surface area contributed by atoms with E-state index in [1.807, 2.05) is 12.1 Å². The van der Waals surface area contributed by atoms with E-state index in [1.165, 1.54) is 0 Å². The highest BCUT2D eigenvalue weighted by molar-refractivity contribution is 5.94. The first-order valence-corrected chi connectivity index (χ1v) is 8.58. The van der Waals surface area contributed by atoms with Crippen molar-refractivity contribution >= 4 is 18.3 Å². The molecule has 1 saturated heterocycles. The number of hydrogen-bond donors (Lipinski definition) is 2. The van der Waals surface area contributed by atoms with E-state index in [1.54, 1.807) is 12.1 Å². The summed E-state index contributed by atoms with van der Waals surface area (Å²) >= 11 is 0. The predicted octanol–water partition coefficient (Wildman–Crippen LogP) is 2.91. The van der Waals surface area contributed by atoms with Crippen molar-refractivity contribution in [1.82, 2.24) is 5.32 Å². The average molecular weight is 357 g/mol. The van der Waals surface area contributed by atoms with Crippen molar-refractivity contribution in [2.45, 2.75) is 51.2 Å². The third kappa shape index (κ3) is 6.67. The summed E-state index contributed by atoms with van der Waals surface area (Å²) in [7, 11) is 0. The molecule has 1 fully saturated rings. The molecule has 0 radical (unpaired) electrons. The molecule has 0 spiro atoms. The molecule has 1 heterocycles. The summed E-state index contributed by atoms with van der Waals surface area (Å²) in [6.07, 6.45) is 5.37. The Morgan fingerprint density at radius 1 is 1.50 bits per heavy atom. The second kappa shape index (κ2) is 11.3. The van der Waals surface area contributed by atoms with Crippen molar-refractivity contribution < 1.29 is 14.3 Å². The molecule has 24 heavy (non-hydrogen) atoms. The van der Waals surface area contributed by atoms with Crippen LogP contribution in [0.2, 0.25) is 0 Å². The number of carbonyl (C=O) groups excluding carboxylic acids is 1. The van der Waals surface area contributed by atoms with Gasteiger partial charge in [0.25, 0.3) is 5.91 Å². The van der Waals surface area contributed by atoms with Gasteiger partial charge < -0.3 is 20.5 Å². The summed E-state index contributed by atoms with van der Waals surface area (Å²) in [5.74, 6) is 0.602. The molecule has 1 aromatic carbocycles. The molecule has 6 heteroatoms. The molecule has 3 N–H and O–H groups in total. The zero-order valence-electron chi connectivity index (χ0n) is 14.3. The third-order valence-corrected chi connectivity index (χ3v) is 4.08. The van der Waals surface area contributed by atoms with E-state index < -0.39 is 0 Å². The largest absolute Gasteiger partial charge is 0.491 e. The Bertz CT molecular complexity index is 493. The standard InChI is InChI=1S/C18H28N2O3.ClH/c1-2-3-7-15(12-19)20-18(21)14-6-4-8-16(11-14)23-13-17-9-5-10-22-17;/h4,6,8,11,15,17H,2-3,5,7,9-10,12-13,19H2,1H3,(H,20,21);1H. The first-order chi connectivity index (χ1) is 11.2. The Kier molecular flexibility index (Phi) is 9.76. The second-order valence-electron chi connectivity index (χ2n) is 6.02. The summed E-state index contributed by atoms with van der Waals surface area (Å²) in [6.45, 7) is 3.94. The Hall–Kier alpha value is -1.30. The second-order valence-corrected chi connectivity index (χ2v) is 6.02. The zero-order valence-corrected chi connectivity index (χ0v) is 15.1. The molecule has 2 atom stereocenters. The number of nitrogens with two attached hydrogens (primary N) is 1. The van der Waals surface area contributed by atoms with Crippen LogP contribution in [-0.2, 0) is 4.74 Å². The van der Waals surface area contributed by atoms with E-state index in [9.17, 15) is 4.79 Å². The molecule has 5 nitrogen and oxygen atoms in total. The van der Waals surface area contributed by atoms with Crippen LogP contribution < -0.4 is 15.8 Å². The Morgan fingerprint density at radius 3 is 3.00 bits per heavy atom. The van der Waals surface area contributed by atoms with Crippen LogP contribution in [0.4, 0.5) is 0 Å². The molecular weight excluding hydrogens is 328 g/mol. The van der Waals surface area contributed by atoms with Crippen molar-refractivity contribution in [1.29, 1.82) is 0 Å². The van der Waals surface area contributed by atoms with Crippen LogP contribution in [0.3, 0.4) is 0 Å². The maximum absolute atomic E-state index is 12.3. The quantitative estimate of drug-likeness (QED) is 0.713. The van der Waals surface area contributed by atoms with Crippen molar-refractivity contribution in [2.75, 3.05) is 19.8 Å². The van der Waals surface area contributed by atoms with Crippen LogP contribution in [-0.4, -0.2) is 37.8 Å². The molecule has 0 aromatic heterocycles. The van der Waals surface area contributed by atoms with Gasteiger partial charge in [-0.2, -0.15) is 0 Å². The number of unbranched alkanes of at least 4 members (excludes halogenated alkanes) is 1. The monoisotopic (exact) mass is 356 g/mol. The summed E-state index contributed by atoms with van der Waals surface area (Å²) in [6, 6.07) is 7.30. The van der Waals surface area contributed by atoms with E-state index in [0.717, 1.165) is 38.7 Å². The molecule has 0 bridgehead atoms. The molecule has 0 saturated carbocycles. The first kappa shape index (κ1) is 20.7. The number of ether oxygens (including phenoxy) is 2. The highest BCUT2D eigenvalue weighted by atomic mass is 35.5. The first-order valence-electron chi connectivity index (χ1n) is 8.58. The lowest BCUT2D eigenvalue weighted by Crippen LogP contribution is -2.40. The molecule has 136 valence electrons. The third-order valence-electron chi connectivity index (χ3n) is 4.08. The summed E-state index contributed by atoms with van der Waals surface area (Å²) in [5, 5.41) is 3.00. The Morgan fingerprint density at radius 2 is 2.33 bits per heavy atom. The van der Waals surface area contributed by atoms with Gasteiger partial charge in [0.15, 0.2) is 0 Å². The SMILES string of the molecule is CCCCC(CN)NC(=O)c1cccc(OCC2CCCO2)c1.Cl. The molecule has 2 unspecified atom stereocenters. The highest BCUT2D eigenvalue weighted by Gasteiger charge is 2.17.